The summed E-state index contributed by atoms with van der Waals surface area (Å²) in [6.45, 7) is 17.9. The number of aryl methyl sites for hydroxylation is 3. The van der Waals surface area contributed by atoms with Gasteiger partial charge < -0.3 is 15.5 Å². The van der Waals surface area contributed by atoms with Crippen LogP contribution in [0.3, 0.4) is 0 Å². The van der Waals surface area contributed by atoms with Gasteiger partial charge in [0.1, 0.15) is 5.82 Å². The summed E-state index contributed by atoms with van der Waals surface area (Å²) >= 11 is 0. The summed E-state index contributed by atoms with van der Waals surface area (Å²) in [5, 5.41) is 7.81. The summed E-state index contributed by atoms with van der Waals surface area (Å²) in [7, 11) is 0. The molecule has 1 aliphatic carbocycles. The molecular formula is C34H47FN6O. The van der Waals surface area contributed by atoms with Gasteiger partial charge in [0.05, 0.1) is 23.3 Å². The van der Waals surface area contributed by atoms with E-state index in [2.05, 4.69) is 62.1 Å². The Morgan fingerprint density at radius 3 is 2.57 bits per heavy atom. The van der Waals surface area contributed by atoms with Crippen molar-refractivity contribution in [3.63, 3.8) is 0 Å². The molecule has 226 valence electrons. The fourth-order valence-electron chi connectivity index (χ4n) is 6.71. The number of rotatable bonds is 5. The molecule has 2 aliphatic rings. The van der Waals surface area contributed by atoms with E-state index < -0.39 is 0 Å². The molecule has 5 atom stereocenters. The van der Waals surface area contributed by atoms with Crippen LogP contribution in [0.4, 0.5) is 10.1 Å². The first-order valence-corrected chi connectivity index (χ1v) is 15.5. The van der Waals surface area contributed by atoms with Gasteiger partial charge in [0.15, 0.2) is 5.96 Å². The van der Waals surface area contributed by atoms with Gasteiger partial charge >= 0.3 is 0 Å². The number of aromatic nitrogens is 2. The molecule has 0 radical (unpaired) electrons. The Labute approximate surface area is 249 Å². The number of piperazine rings is 1. The Kier molecular flexibility index (Phi) is 8.74. The third kappa shape index (κ3) is 6.54. The third-order valence-electron chi connectivity index (χ3n) is 9.77. The largest absolute Gasteiger partial charge is 0.340 e. The highest BCUT2D eigenvalue weighted by Gasteiger charge is 2.39. The quantitative estimate of drug-likeness (QED) is 0.289. The lowest BCUT2D eigenvalue weighted by atomic mass is 9.63. The third-order valence-corrected chi connectivity index (χ3v) is 9.77. The van der Waals surface area contributed by atoms with Crippen LogP contribution in [-0.4, -0.2) is 51.6 Å². The van der Waals surface area contributed by atoms with Crippen molar-refractivity contribution in [3.05, 3.63) is 70.0 Å². The molecule has 5 rings (SSSR count). The van der Waals surface area contributed by atoms with Crippen LogP contribution >= 0.6 is 0 Å². The van der Waals surface area contributed by atoms with Crippen molar-refractivity contribution in [2.24, 2.45) is 22.2 Å². The average Bonchev–Trinajstić information content (AvgIpc) is 2.93. The maximum Gasteiger partial charge on any atom is 0.261 e. The van der Waals surface area contributed by atoms with E-state index in [1.54, 1.807) is 17.0 Å². The number of guanidine groups is 1. The molecule has 3 aromatic rings. The van der Waals surface area contributed by atoms with Gasteiger partial charge in [-0.15, -0.1) is 0 Å². The summed E-state index contributed by atoms with van der Waals surface area (Å²) in [4.78, 5) is 25.7. The normalized spacial score (nSPS) is 26.4. The molecule has 2 heterocycles. The molecule has 7 nitrogen and oxygen atoms in total. The van der Waals surface area contributed by atoms with Crippen LogP contribution in [0.25, 0.3) is 10.9 Å². The zero-order chi connectivity index (χ0) is 30.2. The van der Waals surface area contributed by atoms with Gasteiger partial charge in [-0.3, -0.25) is 9.36 Å². The van der Waals surface area contributed by atoms with Crippen LogP contribution in [0.1, 0.15) is 65.5 Å². The van der Waals surface area contributed by atoms with Gasteiger partial charge in [0.2, 0.25) is 0 Å². The molecule has 42 heavy (non-hydrogen) atoms. The highest BCUT2D eigenvalue weighted by Crippen LogP contribution is 2.44. The maximum atomic E-state index is 14.3. The van der Waals surface area contributed by atoms with E-state index in [9.17, 15) is 9.18 Å². The molecular weight excluding hydrogens is 527 g/mol. The number of nitrogens with zero attached hydrogens (tertiary/aromatic N) is 4. The van der Waals surface area contributed by atoms with Crippen molar-refractivity contribution < 1.29 is 4.39 Å². The summed E-state index contributed by atoms with van der Waals surface area (Å²) in [5.74, 6) is 1.72. The zero-order valence-electron chi connectivity index (χ0n) is 26.2. The Balaban J connectivity index is 1.40. The molecule has 0 amide bonds. The van der Waals surface area contributed by atoms with Gasteiger partial charge in [-0.05, 0) is 92.7 Å². The smallest absolute Gasteiger partial charge is 0.261 e. The SMILES string of the molecule is Cc1ccc(CCn2cnc3cc(NC(=N[C@H]4CCC(C)(C)[C@@H](C)[C@@H]4C)N4C[C@H](C)N[C@@H](C)C4)ccc3c2=O)c(F)c1. The van der Waals surface area contributed by atoms with Gasteiger partial charge in [-0.1, -0.05) is 39.8 Å². The van der Waals surface area contributed by atoms with Crippen molar-refractivity contribution in [1.29, 1.82) is 0 Å². The van der Waals surface area contributed by atoms with E-state index >= 15 is 0 Å². The van der Waals surface area contributed by atoms with Crippen LogP contribution in [0, 0.1) is 30.0 Å². The number of aliphatic imine (C=N–C) groups is 1. The Bertz CT molecular complexity index is 1500. The van der Waals surface area contributed by atoms with Crippen LogP contribution < -0.4 is 16.2 Å². The molecule has 0 bridgehead atoms. The summed E-state index contributed by atoms with van der Waals surface area (Å²) < 4.78 is 15.9. The Hall–Kier alpha value is -3.26. The second kappa shape index (κ2) is 12.2. The number of hydrogen-bond donors (Lipinski definition) is 2. The fourth-order valence-corrected chi connectivity index (χ4v) is 6.71. The second-order valence-corrected chi connectivity index (χ2v) is 13.5. The molecule has 1 aliphatic heterocycles. The predicted molar refractivity (Wildman–Crippen MR) is 171 cm³/mol. The Morgan fingerprint density at radius 2 is 1.86 bits per heavy atom. The minimum absolute atomic E-state index is 0.120. The minimum atomic E-state index is -0.237. The monoisotopic (exact) mass is 574 g/mol. The van der Waals surface area contributed by atoms with E-state index in [1.165, 1.54) is 6.07 Å². The van der Waals surface area contributed by atoms with Gasteiger partial charge in [0.25, 0.3) is 5.56 Å². The first kappa shape index (κ1) is 30.2. The van der Waals surface area contributed by atoms with Crippen molar-refractivity contribution >= 4 is 22.5 Å². The molecule has 8 heteroatoms. The molecule has 2 N–H and O–H groups in total. The first-order chi connectivity index (χ1) is 19.9. The van der Waals surface area contributed by atoms with Crippen LogP contribution in [0.5, 0.6) is 0 Å². The van der Waals surface area contributed by atoms with Crippen molar-refractivity contribution in [2.75, 3.05) is 18.4 Å². The zero-order valence-corrected chi connectivity index (χ0v) is 26.2. The number of fused-ring (bicyclic) bond motifs is 1. The van der Waals surface area contributed by atoms with Gasteiger partial charge in [0, 0.05) is 37.4 Å². The topological polar surface area (TPSA) is 74.6 Å². The summed E-state index contributed by atoms with van der Waals surface area (Å²) in [5.41, 5.74) is 3.17. The molecule has 0 spiro atoms. The van der Waals surface area contributed by atoms with Gasteiger partial charge in [-0.25, -0.2) is 14.4 Å². The summed E-state index contributed by atoms with van der Waals surface area (Å²) in [6.07, 6.45) is 4.24. The first-order valence-electron chi connectivity index (χ1n) is 15.5. The molecule has 1 saturated heterocycles. The standard InChI is InChI=1S/C34H47FN6O/c1-21-8-9-26(29(35)16-21)13-15-40-20-36-31-17-27(10-11-28(31)32(40)42)38-33(41-18-22(2)37-23(3)19-41)39-30-12-14-34(6,7)25(5)24(30)4/h8-11,16-17,20,22-25,30,37H,12-15,18-19H2,1-7H3,(H,38,39)/t22-,23-,24-,25-,30-/m0/s1. The average molecular weight is 575 g/mol. The van der Waals surface area contributed by atoms with E-state index in [1.807, 2.05) is 31.2 Å². The predicted octanol–water partition coefficient (Wildman–Crippen LogP) is 6.00. The van der Waals surface area contributed by atoms with Gasteiger partial charge in [-0.2, -0.15) is 0 Å². The van der Waals surface area contributed by atoms with Crippen LogP contribution in [0.15, 0.2) is 52.5 Å². The molecule has 1 aromatic heterocycles. The van der Waals surface area contributed by atoms with Crippen molar-refractivity contribution in [1.82, 2.24) is 19.8 Å². The van der Waals surface area contributed by atoms with Crippen molar-refractivity contribution in [2.45, 2.75) is 92.4 Å². The number of benzene rings is 2. The molecule has 0 unspecified atom stereocenters. The van der Waals surface area contributed by atoms with E-state index in [4.69, 9.17) is 4.99 Å². The second-order valence-electron chi connectivity index (χ2n) is 13.5. The van der Waals surface area contributed by atoms with E-state index in [0.717, 1.165) is 43.1 Å². The van der Waals surface area contributed by atoms with E-state index in [-0.39, 0.29) is 17.4 Å². The fraction of sp³-hybridized carbons (Fsp3) is 0.559. The van der Waals surface area contributed by atoms with Crippen LogP contribution in [0.2, 0.25) is 0 Å². The lowest BCUT2D eigenvalue weighted by Crippen LogP contribution is -2.57. The maximum absolute atomic E-state index is 14.3. The van der Waals surface area contributed by atoms with Crippen molar-refractivity contribution in [3.8, 4) is 0 Å². The van der Waals surface area contributed by atoms with Crippen LogP contribution in [-0.2, 0) is 13.0 Å². The number of halogens is 1. The lowest BCUT2D eigenvalue weighted by Gasteiger charge is -2.45. The number of anilines is 1. The highest BCUT2D eigenvalue weighted by atomic mass is 19.1. The highest BCUT2D eigenvalue weighted by molar-refractivity contribution is 5.96. The molecule has 2 fully saturated rings. The number of nitrogens with one attached hydrogen (secondary N) is 2. The molecule has 1 saturated carbocycles. The lowest BCUT2D eigenvalue weighted by molar-refractivity contribution is 0.0827. The minimum Gasteiger partial charge on any atom is -0.340 e. The van der Waals surface area contributed by atoms with E-state index in [0.29, 0.717) is 58.8 Å². The molecule has 2 aromatic carbocycles. The Morgan fingerprint density at radius 1 is 1.12 bits per heavy atom. The number of hydrogen-bond acceptors (Lipinski definition) is 4. The summed E-state index contributed by atoms with van der Waals surface area (Å²) in [6, 6.07) is 11.9.